The van der Waals surface area contributed by atoms with Crippen LogP contribution in [0, 0.1) is 25.2 Å². The van der Waals surface area contributed by atoms with Gasteiger partial charge in [0.05, 0.1) is 6.54 Å². The van der Waals surface area contributed by atoms with E-state index < -0.39 is 0 Å². The molecule has 5 rings (SSSR count). The summed E-state index contributed by atoms with van der Waals surface area (Å²) in [5, 5.41) is 0.539. The minimum Gasteiger partial charge on any atom is -0.491 e. The van der Waals surface area contributed by atoms with Crippen LogP contribution in [-0.2, 0) is 13.0 Å². The fourth-order valence-electron chi connectivity index (χ4n) is 5.91. The maximum Gasteiger partial charge on any atom is 0.182 e. The van der Waals surface area contributed by atoms with Gasteiger partial charge in [0, 0.05) is 41.5 Å². The van der Waals surface area contributed by atoms with Crippen molar-refractivity contribution in [2.24, 2.45) is 11.3 Å². The highest BCUT2D eigenvalue weighted by atomic mass is 32.1. The first-order valence-electron chi connectivity index (χ1n) is 15.3. The molecule has 0 aliphatic carbocycles. The third-order valence-corrected chi connectivity index (χ3v) is 9.01. The van der Waals surface area contributed by atoms with Crippen molar-refractivity contribution in [3.8, 4) is 16.9 Å². The van der Waals surface area contributed by atoms with Crippen LogP contribution < -0.4 is 15.4 Å². The monoisotopic (exact) mass is 586 g/mol. The molecule has 224 valence electrons. The van der Waals surface area contributed by atoms with Gasteiger partial charge in [0.2, 0.25) is 0 Å². The minimum atomic E-state index is 0.319. The SMILES string of the molecule is Cc1cc(-c2cnc3sc(N)nc3c2)cc2c1OCCN(c1nc(CCC(C)CCC(C)(C)C)nc(C)c1C(C)C)C2. The molecule has 0 saturated carbocycles. The van der Waals surface area contributed by atoms with Crippen LogP contribution in [0.5, 0.6) is 5.75 Å². The highest BCUT2D eigenvalue weighted by molar-refractivity contribution is 7.21. The molecule has 0 spiro atoms. The van der Waals surface area contributed by atoms with Crippen molar-refractivity contribution in [3.63, 3.8) is 0 Å². The topological polar surface area (TPSA) is 90.0 Å². The summed E-state index contributed by atoms with van der Waals surface area (Å²) in [5.41, 5.74) is 13.9. The quantitative estimate of drug-likeness (QED) is 0.222. The number of hydrogen-bond acceptors (Lipinski definition) is 8. The first-order valence-corrected chi connectivity index (χ1v) is 16.1. The number of pyridine rings is 1. The maximum absolute atomic E-state index is 6.36. The number of aromatic nitrogens is 4. The summed E-state index contributed by atoms with van der Waals surface area (Å²) >= 11 is 1.41. The lowest BCUT2D eigenvalue weighted by Gasteiger charge is -2.27. The summed E-state index contributed by atoms with van der Waals surface area (Å²) in [6.07, 6.45) is 6.39. The fourth-order valence-corrected chi connectivity index (χ4v) is 6.57. The molecule has 1 aliphatic rings. The van der Waals surface area contributed by atoms with Crippen LogP contribution in [0.4, 0.5) is 10.9 Å². The average Bonchev–Trinajstić information content (AvgIpc) is 3.14. The molecule has 1 atom stereocenters. The first kappa shape index (κ1) is 30.2. The number of nitrogen functional groups attached to an aromatic ring is 1. The van der Waals surface area contributed by atoms with E-state index >= 15 is 0 Å². The van der Waals surface area contributed by atoms with Gasteiger partial charge < -0.3 is 15.4 Å². The predicted molar refractivity (Wildman–Crippen MR) is 176 cm³/mol. The smallest absolute Gasteiger partial charge is 0.182 e. The Balaban J connectivity index is 1.44. The Bertz CT molecular complexity index is 1570. The van der Waals surface area contributed by atoms with E-state index in [1.54, 1.807) is 0 Å². The molecule has 0 saturated heterocycles. The molecule has 1 aliphatic heterocycles. The van der Waals surface area contributed by atoms with E-state index in [-0.39, 0.29) is 0 Å². The highest BCUT2D eigenvalue weighted by Crippen LogP contribution is 2.37. The summed E-state index contributed by atoms with van der Waals surface area (Å²) in [5.74, 6) is 3.94. The Kier molecular flexibility index (Phi) is 8.74. The molecule has 1 aromatic carbocycles. The second-order valence-electron chi connectivity index (χ2n) is 13.5. The van der Waals surface area contributed by atoms with E-state index in [1.807, 2.05) is 6.20 Å². The summed E-state index contributed by atoms with van der Waals surface area (Å²) in [4.78, 5) is 22.6. The summed E-state index contributed by atoms with van der Waals surface area (Å²) in [6, 6.07) is 6.49. The molecule has 0 amide bonds. The number of thiazole rings is 1. The van der Waals surface area contributed by atoms with E-state index in [0.717, 1.165) is 81.6 Å². The van der Waals surface area contributed by atoms with Gasteiger partial charge in [-0.3, -0.25) is 0 Å². The Labute approximate surface area is 255 Å². The number of aryl methyl sites for hydroxylation is 3. The van der Waals surface area contributed by atoms with E-state index in [2.05, 4.69) is 88.5 Å². The minimum absolute atomic E-state index is 0.319. The summed E-state index contributed by atoms with van der Waals surface area (Å²) < 4.78 is 6.36. The number of anilines is 2. The van der Waals surface area contributed by atoms with Crippen molar-refractivity contribution in [3.05, 3.63) is 52.6 Å². The van der Waals surface area contributed by atoms with Crippen LogP contribution in [0.15, 0.2) is 24.4 Å². The molecule has 2 N–H and O–H groups in total. The predicted octanol–water partition coefficient (Wildman–Crippen LogP) is 8.26. The standard InChI is InChI=1S/C34H46N6OS/c1-20(2)29-23(5)37-28(10-9-21(3)11-12-34(6,7)8)39-31(29)40-13-14-41-30-22(4)15-24(16-26(30)19-40)25-17-27-32(36-18-25)42-33(35)38-27/h15-18,20-21H,9-14,19H2,1-8H3,(H2,35,38). The molecule has 0 bridgehead atoms. The molecule has 8 heteroatoms. The van der Waals surface area contributed by atoms with Gasteiger partial charge in [-0.1, -0.05) is 59.3 Å². The van der Waals surface area contributed by atoms with Crippen molar-refractivity contribution < 1.29 is 4.74 Å². The van der Waals surface area contributed by atoms with Gasteiger partial charge in [0.1, 0.15) is 34.3 Å². The van der Waals surface area contributed by atoms with E-state index in [1.165, 1.54) is 29.7 Å². The van der Waals surface area contributed by atoms with Crippen molar-refractivity contribution in [2.75, 3.05) is 23.8 Å². The van der Waals surface area contributed by atoms with Crippen LogP contribution in [0.25, 0.3) is 21.5 Å². The highest BCUT2D eigenvalue weighted by Gasteiger charge is 2.25. The number of fused-ring (bicyclic) bond motifs is 2. The molecular weight excluding hydrogens is 540 g/mol. The lowest BCUT2D eigenvalue weighted by Crippen LogP contribution is -2.28. The molecule has 4 heterocycles. The first-order chi connectivity index (χ1) is 19.9. The van der Waals surface area contributed by atoms with E-state index in [4.69, 9.17) is 20.4 Å². The fraction of sp³-hybridized carbons (Fsp3) is 0.529. The van der Waals surface area contributed by atoms with Gasteiger partial charge in [-0.05, 0) is 73.3 Å². The average molecular weight is 587 g/mol. The van der Waals surface area contributed by atoms with Gasteiger partial charge in [-0.25, -0.2) is 19.9 Å². The van der Waals surface area contributed by atoms with Crippen LogP contribution in [0.2, 0.25) is 0 Å². The molecule has 1 unspecified atom stereocenters. The molecule has 42 heavy (non-hydrogen) atoms. The van der Waals surface area contributed by atoms with Gasteiger partial charge >= 0.3 is 0 Å². The van der Waals surface area contributed by atoms with Crippen LogP contribution in [0.1, 0.15) is 94.9 Å². The Morgan fingerprint density at radius 3 is 2.55 bits per heavy atom. The third-order valence-electron chi connectivity index (χ3n) is 8.20. The molecular formula is C34H46N6OS. The Hall–Kier alpha value is -3.26. The van der Waals surface area contributed by atoms with Crippen molar-refractivity contribution in [1.82, 2.24) is 19.9 Å². The van der Waals surface area contributed by atoms with Gasteiger partial charge in [0.15, 0.2) is 5.13 Å². The molecule has 7 nitrogen and oxygen atoms in total. The van der Waals surface area contributed by atoms with Crippen LogP contribution >= 0.6 is 11.3 Å². The zero-order valence-electron chi connectivity index (χ0n) is 26.5. The van der Waals surface area contributed by atoms with E-state index in [0.29, 0.717) is 29.0 Å². The Morgan fingerprint density at radius 1 is 1.02 bits per heavy atom. The third kappa shape index (κ3) is 6.86. The maximum atomic E-state index is 6.36. The summed E-state index contributed by atoms with van der Waals surface area (Å²) in [7, 11) is 0. The Morgan fingerprint density at radius 2 is 1.81 bits per heavy atom. The number of ether oxygens (including phenoxy) is 1. The normalized spacial score (nSPS) is 14.6. The van der Waals surface area contributed by atoms with Crippen LogP contribution in [-0.4, -0.2) is 33.1 Å². The van der Waals surface area contributed by atoms with Crippen molar-refractivity contribution in [2.45, 2.75) is 93.5 Å². The zero-order valence-corrected chi connectivity index (χ0v) is 27.4. The second kappa shape index (κ2) is 12.2. The lowest BCUT2D eigenvalue weighted by molar-refractivity contribution is 0.322. The number of nitrogens with zero attached hydrogens (tertiary/aromatic N) is 5. The molecule has 0 radical (unpaired) electrons. The van der Waals surface area contributed by atoms with Crippen molar-refractivity contribution in [1.29, 1.82) is 0 Å². The molecule has 0 fully saturated rings. The number of hydrogen-bond donors (Lipinski definition) is 1. The second-order valence-corrected chi connectivity index (χ2v) is 14.5. The lowest BCUT2D eigenvalue weighted by atomic mass is 9.86. The van der Waals surface area contributed by atoms with Crippen molar-refractivity contribution >= 4 is 32.6 Å². The largest absolute Gasteiger partial charge is 0.491 e. The van der Waals surface area contributed by atoms with Crippen LogP contribution in [0.3, 0.4) is 0 Å². The summed E-state index contributed by atoms with van der Waals surface area (Å²) in [6.45, 7) is 20.2. The number of rotatable bonds is 8. The van der Waals surface area contributed by atoms with Gasteiger partial charge in [-0.15, -0.1) is 0 Å². The molecule has 3 aromatic heterocycles. The van der Waals surface area contributed by atoms with E-state index in [9.17, 15) is 0 Å². The molecule has 4 aromatic rings. The number of nitrogens with two attached hydrogens (primary N) is 1. The number of benzene rings is 1. The van der Waals surface area contributed by atoms with Gasteiger partial charge in [-0.2, -0.15) is 0 Å². The van der Waals surface area contributed by atoms with Gasteiger partial charge in [0.25, 0.3) is 0 Å². The zero-order chi connectivity index (χ0) is 30.2.